The van der Waals surface area contributed by atoms with Gasteiger partial charge in [0, 0.05) is 0 Å². The van der Waals surface area contributed by atoms with Crippen molar-refractivity contribution in [1.29, 1.82) is 0 Å². The van der Waals surface area contributed by atoms with Gasteiger partial charge >= 0.3 is 5.97 Å². The molecule has 0 saturated heterocycles. The van der Waals surface area contributed by atoms with Gasteiger partial charge in [-0.3, -0.25) is 4.79 Å². The molecule has 0 aromatic heterocycles. The molecule has 0 bridgehead atoms. The zero-order valence-electron chi connectivity index (χ0n) is 19.8. The maximum absolute atomic E-state index is 14.9. The van der Waals surface area contributed by atoms with Crippen molar-refractivity contribution >= 4 is 5.97 Å². The molecule has 0 spiro atoms. The van der Waals surface area contributed by atoms with Gasteiger partial charge in [0.15, 0.2) is 11.6 Å². The molecule has 180 valence electrons. The van der Waals surface area contributed by atoms with Crippen LogP contribution in [0.2, 0.25) is 0 Å². The Kier molecular flexibility index (Phi) is 8.99. The van der Waals surface area contributed by atoms with Crippen molar-refractivity contribution in [2.75, 3.05) is 0 Å². The molecule has 0 unspecified atom stereocenters. The standard InChI is InChI=1S/C28H35F3O2/c1-4-9-22(17-23(29)5-2)19-12-14-21(15-13-19)28(32)33-24-16-18(3)25(27(31)26(24)30)20-10-7-6-8-11-20/h4,9,16-17,19-21H,1,5-8,10-15H2,2-3H3/b22-9+,23-17+. The first-order chi connectivity index (χ1) is 15.8. The third kappa shape index (κ3) is 6.18. The number of aryl methyl sites for hydroxylation is 1. The van der Waals surface area contributed by atoms with Crippen LogP contribution in [0.3, 0.4) is 0 Å². The van der Waals surface area contributed by atoms with Crippen LogP contribution in [0.4, 0.5) is 13.2 Å². The van der Waals surface area contributed by atoms with E-state index < -0.39 is 17.6 Å². The van der Waals surface area contributed by atoms with Gasteiger partial charge in [0.25, 0.3) is 0 Å². The molecule has 2 aliphatic rings. The lowest BCUT2D eigenvalue weighted by atomic mass is 9.78. The number of hydrogen-bond donors (Lipinski definition) is 0. The lowest BCUT2D eigenvalue weighted by Gasteiger charge is -2.28. The van der Waals surface area contributed by atoms with Gasteiger partial charge in [-0.05, 0) is 92.5 Å². The van der Waals surface area contributed by atoms with Crippen LogP contribution in [0.25, 0.3) is 0 Å². The van der Waals surface area contributed by atoms with Crippen LogP contribution in [-0.4, -0.2) is 5.97 Å². The fourth-order valence-electron chi connectivity index (χ4n) is 5.28. The van der Waals surface area contributed by atoms with Crippen molar-refractivity contribution < 1.29 is 22.7 Å². The normalized spacial score (nSPS) is 22.8. The first kappa shape index (κ1) is 25.3. The molecule has 2 fully saturated rings. The van der Waals surface area contributed by atoms with Crippen molar-refractivity contribution in [3.63, 3.8) is 0 Å². The van der Waals surface area contributed by atoms with E-state index in [9.17, 15) is 18.0 Å². The molecule has 33 heavy (non-hydrogen) atoms. The number of ether oxygens (including phenoxy) is 1. The summed E-state index contributed by atoms with van der Waals surface area (Å²) in [6.45, 7) is 7.22. The molecule has 0 heterocycles. The SMILES string of the molecule is C=C/C=C(\C=C(\F)CC)C1CCC(C(=O)Oc2cc(C)c(C3CCCCC3)c(F)c2F)CC1. The van der Waals surface area contributed by atoms with E-state index in [1.807, 2.05) is 6.08 Å². The maximum atomic E-state index is 14.9. The van der Waals surface area contributed by atoms with Crippen molar-refractivity contribution in [1.82, 2.24) is 0 Å². The van der Waals surface area contributed by atoms with Crippen molar-refractivity contribution in [2.45, 2.75) is 84.0 Å². The summed E-state index contributed by atoms with van der Waals surface area (Å²) in [6, 6.07) is 1.47. The van der Waals surface area contributed by atoms with E-state index in [4.69, 9.17) is 4.74 Å². The molecule has 3 rings (SSSR count). The molecule has 0 N–H and O–H groups in total. The fourth-order valence-corrected chi connectivity index (χ4v) is 5.28. The maximum Gasteiger partial charge on any atom is 0.314 e. The third-order valence-corrected chi connectivity index (χ3v) is 7.15. The summed E-state index contributed by atoms with van der Waals surface area (Å²) in [5, 5.41) is 0. The molecule has 5 heteroatoms. The Bertz CT molecular complexity index is 918. The van der Waals surface area contributed by atoms with E-state index in [2.05, 4.69) is 6.58 Å². The third-order valence-electron chi connectivity index (χ3n) is 7.15. The van der Waals surface area contributed by atoms with Gasteiger partial charge in [-0.2, -0.15) is 4.39 Å². The minimum absolute atomic E-state index is 0.0256. The van der Waals surface area contributed by atoms with Gasteiger partial charge in [-0.25, -0.2) is 8.78 Å². The quantitative estimate of drug-likeness (QED) is 0.232. The van der Waals surface area contributed by atoms with Crippen LogP contribution in [0.5, 0.6) is 5.75 Å². The molecule has 0 aliphatic heterocycles. The minimum atomic E-state index is -1.07. The van der Waals surface area contributed by atoms with Gasteiger partial charge in [-0.15, -0.1) is 0 Å². The second kappa shape index (κ2) is 11.7. The summed E-state index contributed by atoms with van der Waals surface area (Å²) in [5.74, 6) is -3.20. The number of halogens is 3. The van der Waals surface area contributed by atoms with Gasteiger partial charge < -0.3 is 4.74 Å². The highest BCUT2D eigenvalue weighted by atomic mass is 19.2. The van der Waals surface area contributed by atoms with E-state index >= 15 is 0 Å². The molecule has 1 aromatic carbocycles. The molecule has 2 saturated carbocycles. The van der Waals surface area contributed by atoms with E-state index in [0.717, 1.165) is 37.7 Å². The predicted molar refractivity (Wildman–Crippen MR) is 126 cm³/mol. The van der Waals surface area contributed by atoms with Gasteiger partial charge in [0.1, 0.15) is 0 Å². The van der Waals surface area contributed by atoms with Gasteiger partial charge in [0.05, 0.1) is 11.7 Å². The number of carbonyl (C=O) groups is 1. The summed E-state index contributed by atoms with van der Waals surface area (Å²) in [7, 11) is 0. The lowest BCUT2D eigenvalue weighted by molar-refractivity contribution is -0.140. The molecular formula is C28H35F3O2. The number of benzene rings is 1. The summed E-state index contributed by atoms with van der Waals surface area (Å²) in [5.41, 5.74) is 1.94. The molecule has 2 aliphatic carbocycles. The number of allylic oxidation sites excluding steroid dienone is 5. The summed E-state index contributed by atoms with van der Waals surface area (Å²) in [6.07, 6.45) is 12.8. The van der Waals surface area contributed by atoms with Crippen LogP contribution < -0.4 is 4.74 Å². The summed E-state index contributed by atoms with van der Waals surface area (Å²) in [4.78, 5) is 12.7. The lowest BCUT2D eigenvalue weighted by Crippen LogP contribution is -2.26. The second-order valence-corrected chi connectivity index (χ2v) is 9.38. The van der Waals surface area contributed by atoms with E-state index in [0.29, 0.717) is 43.2 Å². The Balaban J connectivity index is 1.66. The Hall–Kier alpha value is -2.30. The van der Waals surface area contributed by atoms with Crippen LogP contribution in [0.1, 0.15) is 88.2 Å². The molecule has 0 amide bonds. The van der Waals surface area contributed by atoms with Crippen LogP contribution in [0, 0.1) is 30.4 Å². The first-order valence-electron chi connectivity index (χ1n) is 12.2. The Morgan fingerprint density at radius 2 is 1.70 bits per heavy atom. The predicted octanol–water partition coefficient (Wildman–Crippen LogP) is 8.41. The second-order valence-electron chi connectivity index (χ2n) is 9.38. The number of esters is 1. The van der Waals surface area contributed by atoms with Crippen molar-refractivity contribution in [3.8, 4) is 5.75 Å². The van der Waals surface area contributed by atoms with Crippen LogP contribution in [0.15, 0.2) is 42.3 Å². The Morgan fingerprint density at radius 3 is 2.30 bits per heavy atom. The summed E-state index contributed by atoms with van der Waals surface area (Å²) >= 11 is 0. The topological polar surface area (TPSA) is 26.3 Å². The van der Waals surface area contributed by atoms with Crippen LogP contribution in [-0.2, 0) is 4.79 Å². The number of hydrogen-bond acceptors (Lipinski definition) is 2. The van der Waals surface area contributed by atoms with Gasteiger partial charge in [0.2, 0.25) is 5.82 Å². The molecule has 2 nitrogen and oxygen atoms in total. The highest BCUT2D eigenvalue weighted by Crippen LogP contribution is 2.40. The number of carbonyl (C=O) groups excluding carboxylic acids is 1. The molecule has 0 atom stereocenters. The van der Waals surface area contributed by atoms with Crippen molar-refractivity contribution in [2.24, 2.45) is 11.8 Å². The zero-order valence-corrected chi connectivity index (χ0v) is 19.8. The first-order valence-corrected chi connectivity index (χ1v) is 12.2. The highest BCUT2D eigenvalue weighted by Gasteiger charge is 2.31. The number of rotatable bonds is 7. The zero-order chi connectivity index (χ0) is 24.0. The van der Waals surface area contributed by atoms with E-state index in [1.165, 1.54) is 6.07 Å². The minimum Gasteiger partial charge on any atom is -0.423 e. The average Bonchev–Trinajstić information content (AvgIpc) is 2.82. The monoisotopic (exact) mass is 460 g/mol. The van der Waals surface area contributed by atoms with E-state index in [-0.39, 0.29) is 29.3 Å². The largest absolute Gasteiger partial charge is 0.423 e. The van der Waals surface area contributed by atoms with Crippen LogP contribution >= 0.6 is 0 Å². The highest BCUT2D eigenvalue weighted by molar-refractivity contribution is 5.75. The smallest absolute Gasteiger partial charge is 0.314 e. The Labute approximate surface area is 195 Å². The molecule has 0 radical (unpaired) electrons. The average molecular weight is 461 g/mol. The summed E-state index contributed by atoms with van der Waals surface area (Å²) < 4.78 is 48.9. The fraction of sp³-hybridized carbons (Fsp3) is 0.536. The van der Waals surface area contributed by atoms with Gasteiger partial charge in [-0.1, -0.05) is 44.9 Å². The van der Waals surface area contributed by atoms with E-state index in [1.54, 1.807) is 26.0 Å². The molecular weight excluding hydrogens is 425 g/mol. The molecule has 1 aromatic rings. The Morgan fingerprint density at radius 1 is 1.06 bits per heavy atom. The van der Waals surface area contributed by atoms with Crippen molar-refractivity contribution in [3.05, 3.63) is 65.0 Å².